The molecule has 4 heteroatoms. The second-order valence-electron chi connectivity index (χ2n) is 4.76. The summed E-state index contributed by atoms with van der Waals surface area (Å²) in [6.45, 7) is 1.79. The van der Waals surface area contributed by atoms with Crippen molar-refractivity contribution in [3.05, 3.63) is 70.2 Å². The van der Waals surface area contributed by atoms with E-state index in [1.54, 1.807) is 43.3 Å². The van der Waals surface area contributed by atoms with Crippen LogP contribution < -0.4 is 0 Å². The third-order valence-electron chi connectivity index (χ3n) is 3.22. The van der Waals surface area contributed by atoms with Crippen LogP contribution in [0.2, 0.25) is 5.02 Å². The summed E-state index contributed by atoms with van der Waals surface area (Å²) in [6, 6.07) is 11.5. The molecule has 2 aromatic carbocycles. The van der Waals surface area contributed by atoms with Crippen molar-refractivity contribution in [3.8, 4) is 0 Å². The number of benzene rings is 2. The van der Waals surface area contributed by atoms with Gasteiger partial charge in [-0.05, 0) is 42.8 Å². The van der Waals surface area contributed by atoms with Gasteiger partial charge >= 0.3 is 0 Å². The van der Waals surface area contributed by atoms with Crippen LogP contribution in [-0.2, 0) is 0 Å². The first-order valence-corrected chi connectivity index (χ1v) is 6.55. The van der Waals surface area contributed by atoms with Crippen molar-refractivity contribution in [3.63, 3.8) is 0 Å². The Morgan fingerprint density at radius 1 is 1.15 bits per heavy atom. The third kappa shape index (κ3) is 2.30. The molecule has 1 aromatic heterocycles. The van der Waals surface area contributed by atoms with E-state index < -0.39 is 11.9 Å². The molecule has 0 amide bonds. The quantitative estimate of drug-likeness (QED) is 0.747. The Labute approximate surface area is 120 Å². The number of halogens is 2. The molecule has 0 bridgehead atoms. The van der Waals surface area contributed by atoms with Crippen LogP contribution in [0.25, 0.3) is 11.0 Å². The minimum absolute atomic E-state index is 0.195. The first-order chi connectivity index (χ1) is 9.54. The Morgan fingerprint density at radius 2 is 1.95 bits per heavy atom. The molecular weight excluding hydrogens is 279 g/mol. The lowest BCUT2D eigenvalue weighted by Gasteiger charge is -2.09. The molecular formula is C16H12ClFO2. The summed E-state index contributed by atoms with van der Waals surface area (Å²) in [5.41, 5.74) is 1.60. The van der Waals surface area contributed by atoms with Crippen molar-refractivity contribution < 1.29 is 13.9 Å². The number of rotatable bonds is 2. The average Bonchev–Trinajstić information content (AvgIpc) is 2.81. The minimum Gasteiger partial charge on any atom is -0.458 e. The normalized spacial score (nSPS) is 12.8. The average molecular weight is 291 g/mol. The van der Waals surface area contributed by atoms with Crippen LogP contribution in [0.5, 0.6) is 0 Å². The highest BCUT2D eigenvalue weighted by Gasteiger charge is 2.19. The van der Waals surface area contributed by atoms with E-state index in [1.807, 2.05) is 0 Å². The molecule has 0 fully saturated rings. The molecule has 20 heavy (non-hydrogen) atoms. The second kappa shape index (κ2) is 4.93. The lowest BCUT2D eigenvalue weighted by molar-refractivity contribution is 0.187. The lowest BCUT2D eigenvalue weighted by atomic mass is 10.0. The first kappa shape index (κ1) is 13.2. The van der Waals surface area contributed by atoms with Crippen molar-refractivity contribution in [1.29, 1.82) is 0 Å². The zero-order chi connectivity index (χ0) is 14.3. The van der Waals surface area contributed by atoms with Gasteiger partial charge in [0.2, 0.25) is 0 Å². The van der Waals surface area contributed by atoms with E-state index >= 15 is 0 Å². The van der Waals surface area contributed by atoms with Crippen LogP contribution in [0.15, 0.2) is 46.9 Å². The molecule has 0 aliphatic carbocycles. The number of furan rings is 1. The van der Waals surface area contributed by atoms with E-state index in [0.717, 1.165) is 10.9 Å². The number of fused-ring (bicyclic) bond motifs is 1. The van der Waals surface area contributed by atoms with E-state index in [0.29, 0.717) is 16.4 Å². The zero-order valence-corrected chi connectivity index (χ0v) is 11.5. The molecule has 0 radical (unpaired) electrons. The maximum atomic E-state index is 13.9. The van der Waals surface area contributed by atoms with Gasteiger partial charge in [0.15, 0.2) is 0 Å². The molecule has 1 atom stereocenters. The third-order valence-corrected chi connectivity index (χ3v) is 3.45. The van der Waals surface area contributed by atoms with E-state index in [-0.39, 0.29) is 5.56 Å². The Morgan fingerprint density at radius 3 is 2.70 bits per heavy atom. The molecule has 3 rings (SSSR count). The number of hydrogen-bond donors (Lipinski definition) is 1. The maximum absolute atomic E-state index is 13.9. The summed E-state index contributed by atoms with van der Waals surface area (Å²) in [7, 11) is 0. The van der Waals surface area contributed by atoms with Gasteiger partial charge in [0.1, 0.15) is 23.3 Å². The summed E-state index contributed by atoms with van der Waals surface area (Å²) >= 11 is 5.90. The summed E-state index contributed by atoms with van der Waals surface area (Å²) in [5.74, 6) is -0.152. The van der Waals surface area contributed by atoms with Crippen LogP contribution in [0.4, 0.5) is 4.39 Å². The van der Waals surface area contributed by atoms with Gasteiger partial charge in [-0.2, -0.15) is 0 Å². The van der Waals surface area contributed by atoms with Crippen molar-refractivity contribution in [2.24, 2.45) is 0 Å². The van der Waals surface area contributed by atoms with E-state index in [9.17, 15) is 9.50 Å². The SMILES string of the molecule is Cc1ccc(C(O)c2cc3cc(Cl)ccc3o2)c(F)c1. The van der Waals surface area contributed by atoms with Crippen LogP contribution >= 0.6 is 11.6 Å². The second-order valence-corrected chi connectivity index (χ2v) is 5.19. The number of aliphatic hydroxyl groups is 1. The minimum atomic E-state index is -1.14. The van der Waals surface area contributed by atoms with Crippen molar-refractivity contribution in [2.45, 2.75) is 13.0 Å². The van der Waals surface area contributed by atoms with Crippen molar-refractivity contribution in [1.82, 2.24) is 0 Å². The summed E-state index contributed by atoms with van der Waals surface area (Å²) in [5, 5.41) is 11.6. The Kier molecular flexibility index (Phi) is 3.24. The Balaban J connectivity index is 2.05. The molecule has 0 saturated heterocycles. The molecule has 2 nitrogen and oxygen atoms in total. The van der Waals surface area contributed by atoms with Crippen LogP contribution in [0.1, 0.15) is 23.0 Å². The van der Waals surface area contributed by atoms with Crippen LogP contribution in [0.3, 0.4) is 0 Å². The van der Waals surface area contributed by atoms with Crippen molar-refractivity contribution in [2.75, 3.05) is 0 Å². The first-order valence-electron chi connectivity index (χ1n) is 6.18. The van der Waals surface area contributed by atoms with E-state index in [1.165, 1.54) is 6.07 Å². The monoisotopic (exact) mass is 290 g/mol. The molecule has 1 unspecified atom stereocenters. The highest BCUT2D eigenvalue weighted by atomic mass is 35.5. The summed E-state index contributed by atoms with van der Waals surface area (Å²) in [4.78, 5) is 0. The van der Waals surface area contributed by atoms with Gasteiger partial charge in [-0.3, -0.25) is 0 Å². The largest absolute Gasteiger partial charge is 0.458 e. The van der Waals surface area contributed by atoms with Gasteiger partial charge in [-0.1, -0.05) is 23.7 Å². The molecule has 102 valence electrons. The highest BCUT2D eigenvalue weighted by Crippen LogP contribution is 2.30. The predicted molar refractivity (Wildman–Crippen MR) is 76.4 cm³/mol. The van der Waals surface area contributed by atoms with Crippen LogP contribution in [-0.4, -0.2) is 5.11 Å². The fourth-order valence-corrected chi connectivity index (χ4v) is 2.36. The molecule has 0 saturated carbocycles. The van der Waals surface area contributed by atoms with Gasteiger partial charge in [-0.25, -0.2) is 4.39 Å². The molecule has 1 N–H and O–H groups in total. The fourth-order valence-electron chi connectivity index (χ4n) is 2.18. The Bertz CT molecular complexity index is 779. The fraction of sp³-hybridized carbons (Fsp3) is 0.125. The van der Waals surface area contributed by atoms with Gasteiger partial charge in [0.05, 0.1) is 0 Å². The molecule has 1 heterocycles. The lowest BCUT2D eigenvalue weighted by Crippen LogP contribution is -2.01. The molecule has 3 aromatic rings. The predicted octanol–water partition coefficient (Wildman–Crippen LogP) is 4.62. The van der Waals surface area contributed by atoms with Crippen LogP contribution in [0, 0.1) is 12.7 Å². The Hall–Kier alpha value is -1.84. The maximum Gasteiger partial charge on any atom is 0.139 e. The van der Waals surface area contributed by atoms with Crippen molar-refractivity contribution >= 4 is 22.6 Å². The number of aryl methyl sites for hydroxylation is 1. The van der Waals surface area contributed by atoms with E-state index in [4.69, 9.17) is 16.0 Å². The molecule has 0 aliphatic rings. The smallest absolute Gasteiger partial charge is 0.139 e. The van der Waals surface area contributed by atoms with Gasteiger partial charge in [-0.15, -0.1) is 0 Å². The van der Waals surface area contributed by atoms with E-state index in [2.05, 4.69) is 0 Å². The standard InChI is InChI=1S/C16H12ClFO2/c1-9-2-4-12(13(18)6-9)16(19)15-8-10-7-11(17)3-5-14(10)20-15/h2-8,16,19H,1H3. The molecule has 0 spiro atoms. The number of aliphatic hydroxyl groups excluding tert-OH is 1. The van der Waals surface area contributed by atoms with Gasteiger partial charge in [0, 0.05) is 16.0 Å². The topological polar surface area (TPSA) is 33.4 Å². The summed E-state index contributed by atoms with van der Waals surface area (Å²) in [6.07, 6.45) is -1.14. The molecule has 0 aliphatic heterocycles. The summed E-state index contributed by atoms with van der Waals surface area (Å²) < 4.78 is 19.4. The van der Waals surface area contributed by atoms with Gasteiger partial charge in [0.25, 0.3) is 0 Å². The highest BCUT2D eigenvalue weighted by molar-refractivity contribution is 6.31. The number of hydrogen-bond acceptors (Lipinski definition) is 2. The van der Waals surface area contributed by atoms with Gasteiger partial charge < -0.3 is 9.52 Å². The zero-order valence-electron chi connectivity index (χ0n) is 10.7.